The molecule has 1 amide bonds. The van der Waals surface area contributed by atoms with Gasteiger partial charge in [0, 0.05) is 30.6 Å². The van der Waals surface area contributed by atoms with Gasteiger partial charge in [0.25, 0.3) is 0 Å². The lowest BCUT2D eigenvalue weighted by Crippen LogP contribution is -2.31. The molecule has 2 aromatic rings. The molecule has 0 aliphatic heterocycles. The molecule has 1 heterocycles. The molecule has 1 aromatic carbocycles. The Labute approximate surface area is 170 Å². The van der Waals surface area contributed by atoms with Crippen LogP contribution >= 0.6 is 11.9 Å². The van der Waals surface area contributed by atoms with Gasteiger partial charge in [-0.05, 0) is 49.1 Å². The first-order chi connectivity index (χ1) is 13.8. The summed E-state index contributed by atoms with van der Waals surface area (Å²) >= 11 is 0.984. The van der Waals surface area contributed by atoms with E-state index in [1.54, 1.807) is 18.3 Å². The second-order valence-corrected chi connectivity index (χ2v) is 7.03. The largest absolute Gasteiger partial charge is 0.494 e. The maximum atomic E-state index is 13.0. The molecule has 3 rings (SSSR count). The monoisotopic (exact) mass is 431 g/mol. The molecule has 0 unspecified atom stereocenters. The number of aromatic nitrogens is 1. The zero-order valence-corrected chi connectivity index (χ0v) is 16.4. The second-order valence-electron chi connectivity index (χ2n) is 6.38. The van der Waals surface area contributed by atoms with Gasteiger partial charge in [-0.2, -0.15) is 4.39 Å². The molecule has 1 fully saturated rings. The van der Waals surface area contributed by atoms with Crippen molar-refractivity contribution in [3.63, 3.8) is 0 Å². The van der Waals surface area contributed by atoms with Crippen LogP contribution in [0.1, 0.15) is 25.7 Å². The average Bonchev–Trinajstić information content (AvgIpc) is 2.70. The number of nitrogens with one attached hydrogen (secondary N) is 1. The number of benzene rings is 1. The number of hydrogen-bond acceptors (Lipinski definition) is 5. The summed E-state index contributed by atoms with van der Waals surface area (Å²) in [7, 11) is 1.29. The molecule has 0 spiro atoms. The molecule has 1 saturated carbocycles. The highest BCUT2D eigenvalue weighted by Crippen LogP contribution is 2.36. The third-order valence-corrected chi connectivity index (χ3v) is 4.81. The van der Waals surface area contributed by atoms with Gasteiger partial charge in [0.1, 0.15) is 5.03 Å². The SMILES string of the molecule is COc1cccc(F)c1F.NSc1cc(NC(=O)C2CCC(F)(F)CC2)ccn1. The van der Waals surface area contributed by atoms with Gasteiger partial charge >= 0.3 is 0 Å². The van der Waals surface area contributed by atoms with Crippen LogP contribution in [0.15, 0.2) is 41.6 Å². The highest BCUT2D eigenvalue weighted by Gasteiger charge is 2.37. The topological polar surface area (TPSA) is 77.2 Å². The number of halogens is 4. The van der Waals surface area contributed by atoms with Crippen LogP contribution in [0, 0.1) is 17.6 Å². The molecule has 1 aliphatic carbocycles. The van der Waals surface area contributed by atoms with Crippen molar-refractivity contribution >= 4 is 23.5 Å². The van der Waals surface area contributed by atoms with Crippen LogP contribution in [-0.2, 0) is 4.79 Å². The fourth-order valence-corrected chi connectivity index (χ4v) is 3.06. The van der Waals surface area contributed by atoms with Crippen molar-refractivity contribution in [1.82, 2.24) is 4.98 Å². The van der Waals surface area contributed by atoms with E-state index in [1.165, 1.54) is 19.2 Å². The van der Waals surface area contributed by atoms with Crippen molar-refractivity contribution in [1.29, 1.82) is 0 Å². The number of anilines is 1. The number of methoxy groups -OCH3 is 1. The van der Waals surface area contributed by atoms with E-state index < -0.39 is 17.6 Å². The average molecular weight is 431 g/mol. The Morgan fingerprint density at radius 3 is 2.55 bits per heavy atom. The fourth-order valence-electron chi connectivity index (χ4n) is 2.74. The lowest BCUT2D eigenvalue weighted by Gasteiger charge is -2.27. The number of carbonyl (C=O) groups is 1. The Morgan fingerprint density at radius 1 is 1.28 bits per heavy atom. The molecule has 1 aromatic heterocycles. The highest BCUT2D eigenvalue weighted by atomic mass is 32.2. The zero-order chi connectivity index (χ0) is 21.4. The number of nitrogens with zero attached hydrogens (tertiary/aromatic N) is 1. The maximum Gasteiger partial charge on any atom is 0.248 e. The summed E-state index contributed by atoms with van der Waals surface area (Å²) in [5, 5.41) is 8.69. The number of carbonyl (C=O) groups excluding carboxylic acids is 1. The van der Waals surface area contributed by atoms with E-state index in [0.29, 0.717) is 10.7 Å². The van der Waals surface area contributed by atoms with Crippen molar-refractivity contribution in [2.24, 2.45) is 11.1 Å². The van der Waals surface area contributed by atoms with E-state index in [0.717, 1.165) is 18.0 Å². The number of ether oxygens (including phenoxy) is 1. The predicted molar refractivity (Wildman–Crippen MR) is 103 cm³/mol. The first kappa shape index (κ1) is 23.0. The first-order valence-electron chi connectivity index (χ1n) is 8.75. The Morgan fingerprint density at radius 2 is 1.97 bits per heavy atom. The summed E-state index contributed by atoms with van der Waals surface area (Å²) in [6, 6.07) is 7.09. The Bertz CT molecular complexity index is 829. The van der Waals surface area contributed by atoms with Gasteiger partial charge in [-0.15, -0.1) is 0 Å². The molecule has 158 valence electrons. The van der Waals surface area contributed by atoms with Crippen molar-refractivity contribution in [3.05, 3.63) is 48.2 Å². The normalized spacial score (nSPS) is 15.8. The maximum absolute atomic E-state index is 13.0. The summed E-state index contributed by atoms with van der Waals surface area (Å²) in [4.78, 5) is 15.9. The van der Waals surface area contributed by atoms with E-state index in [1.807, 2.05) is 0 Å². The number of hydrogen-bond donors (Lipinski definition) is 2. The van der Waals surface area contributed by atoms with Crippen LogP contribution in [0.2, 0.25) is 0 Å². The molecule has 29 heavy (non-hydrogen) atoms. The Balaban J connectivity index is 0.000000253. The minimum Gasteiger partial charge on any atom is -0.494 e. The first-order valence-corrected chi connectivity index (χ1v) is 9.63. The fraction of sp³-hybridized carbons (Fsp3) is 0.368. The summed E-state index contributed by atoms with van der Waals surface area (Å²) in [6.07, 6.45) is 1.56. The van der Waals surface area contributed by atoms with Crippen molar-refractivity contribution in [3.8, 4) is 5.75 Å². The van der Waals surface area contributed by atoms with Crippen molar-refractivity contribution < 1.29 is 27.1 Å². The van der Waals surface area contributed by atoms with Gasteiger partial charge in [0.05, 0.1) is 7.11 Å². The van der Waals surface area contributed by atoms with Crippen LogP contribution in [0.4, 0.5) is 23.2 Å². The summed E-state index contributed by atoms with van der Waals surface area (Å²) in [5.41, 5.74) is 0.588. The van der Waals surface area contributed by atoms with Crippen LogP contribution < -0.4 is 15.2 Å². The minimum absolute atomic E-state index is 0.0694. The number of pyridine rings is 1. The van der Waals surface area contributed by atoms with E-state index in [2.05, 4.69) is 15.0 Å². The van der Waals surface area contributed by atoms with Crippen LogP contribution in [0.5, 0.6) is 5.75 Å². The molecule has 10 heteroatoms. The molecule has 0 bridgehead atoms. The van der Waals surface area contributed by atoms with Gasteiger partial charge in [-0.1, -0.05) is 6.07 Å². The molecular weight excluding hydrogens is 410 g/mol. The Kier molecular flexibility index (Phi) is 8.27. The summed E-state index contributed by atoms with van der Waals surface area (Å²) in [6.45, 7) is 0. The molecule has 0 radical (unpaired) electrons. The van der Waals surface area contributed by atoms with Crippen LogP contribution in [0.3, 0.4) is 0 Å². The van der Waals surface area contributed by atoms with E-state index in [-0.39, 0.29) is 43.3 Å². The number of rotatable bonds is 4. The van der Waals surface area contributed by atoms with E-state index in [4.69, 9.17) is 5.14 Å². The van der Waals surface area contributed by atoms with Crippen molar-refractivity contribution in [2.45, 2.75) is 36.6 Å². The minimum atomic E-state index is -2.61. The molecule has 3 N–H and O–H groups in total. The van der Waals surface area contributed by atoms with Gasteiger partial charge in [0.2, 0.25) is 17.6 Å². The number of alkyl halides is 2. The molecule has 5 nitrogen and oxygen atoms in total. The predicted octanol–water partition coefficient (Wildman–Crippen LogP) is 4.78. The quantitative estimate of drug-likeness (QED) is 0.538. The third kappa shape index (κ3) is 6.90. The highest BCUT2D eigenvalue weighted by molar-refractivity contribution is 7.97. The van der Waals surface area contributed by atoms with Gasteiger partial charge in [-0.25, -0.2) is 18.2 Å². The van der Waals surface area contributed by atoms with Gasteiger partial charge < -0.3 is 10.1 Å². The van der Waals surface area contributed by atoms with Crippen LogP contribution in [0.25, 0.3) is 0 Å². The summed E-state index contributed by atoms with van der Waals surface area (Å²) in [5.74, 6) is -5.07. The third-order valence-electron chi connectivity index (χ3n) is 4.35. The molecule has 0 saturated heterocycles. The lowest BCUT2D eigenvalue weighted by atomic mass is 9.86. The van der Waals surface area contributed by atoms with Crippen LogP contribution in [-0.4, -0.2) is 23.9 Å². The van der Waals surface area contributed by atoms with E-state index in [9.17, 15) is 22.4 Å². The lowest BCUT2D eigenvalue weighted by molar-refractivity contribution is -0.124. The summed E-state index contributed by atoms with van der Waals surface area (Å²) < 4.78 is 55.3. The number of amides is 1. The molecule has 1 aliphatic rings. The van der Waals surface area contributed by atoms with E-state index >= 15 is 0 Å². The number of nitrogens with two attached hydrogens (primary N) is 1. The molecule has 0 atom stereocenters. The standard InChI is InChI=1S/C12H15F2N3OS.C7H6F2O/c13-12(14)4-1-8(2-5-12)11(18)17-9-3-6-16-10(7-9)19-15;1-10-6-4-2-3-5(8)7(6)9/h3,6-8H,1-2,4-5,15H2,(H,16,17,18);2-4H,1H3. The zero-order valence-electron chi connectivity index (χ0n) is 15.6. The van der Waals surface area contributed by atoms with Gasteiger partial charge in [-0.3, -0.25) is 9.93 Å². The smallest absolute Gasteiger partial charge is 0.248 e. The second kappa shape index (κ2) is 10.4. The Hall–Kier alpha value is -2.33. The van der Waals surface area contributed by atoms with Gasteiger partial charge in [0.15, 0.2) is 11.6 Å². The molecular formula is C19H21F4N3O2S. The van der Waals surface area contributed by atoms with Crippen molar-refractivity contribution in [2.75, 3.05) is 12.4 Å².